The molecule has 262 valence electrons. The first kappa shape index (κ1) is 34.7. The molecule has 0 saturated heterocycles. The molecular formula is C46H44N5O2+3. The van der Waals surface area contributed by atoms with Gasteiger partial charge in [-0.15, -0.1) is 0 Å². The van der Waals surface area contributed by atoms with E-state index in [1.807, 2.05) is 19.1 Å². The average Bonchev–Trinajstić information content (AvgIpc) is 3.88. The van der Waals surface area contributed by atoms with Crippen LogP contribution in [0.25, 0.3) is 28.7 Å². The van der Waals surface area contributed by atoms with Crippen LogP contribution in [0.2, 0.25) is 0 Å². The number of ether oxygens (including phenoxy) is 2. The average molecular weight is 699 g/mol. The van der Waals surface area contributed by atoms with Crippen LogP contribution in [-0.2, 0) is 13.1 Å². The van der Waals surface area contributed by atoms with Crippen LogP contribution in [0.4, 0.5) is 0 Å². The summed E-state index contributed by atoms with van der Waals surface area (Å²) in [6.07, 6.45) is 27.3. The zero-order chi connectivity index (χ0) is 36.4. The molecule has 0 bridgehead atoms. The van der Waals surface area contributed by atoms with Gasteiger partial charge in [0.1, 0.15) is 60.8 Å². The Hall–Kier alpha value is -6.73. The first-order valence-corrected chi connectivity index (χ1v) is 17.7. The maximum Gasteiger partial charge on any atom is 0.249 e. The molecule has 4 aromatic carbocycles. The molecule has 0 atom stereocenters. The highest BCUT2D eigenvalue weighted by atomic mass is 16.5. The molecule has 0 radical (unpaired) electrons. The van der Waals surface area contributed by atoms with Crippen LogP contribution in [0, 0.1) is 0 Å². The van der Waals surface area contributed by atoms with Gasteiger partial charge in [-0.05, 0) is 46.9 Å². The minimum Gasteiger partial charge on any atom is -0.497 e. The maximum atomic E-state index is 5.72. The second kappa shape index (κ2) is 16.5. The fourth-order valence-corrected chi connectivity index (χ4v) is 6.30. The van der Waals surface area contributed by atoms with Crippen LogP contribution >= 0.6 is 0 Å². The van der Waals surface area contributed by atoms with E-state index in [4.69, 9.17) is 9.47 Å². The Labute approximate surface area is 311 Å². The van der Waals surface area contributed by atoms with E-state index in [0.717, 1.165) is 58.4 Å². The minimum absolute atomic E-state index is 0.792. The van der Waals surface area contributed by atoms with Gasteiger partial charge >= 0.3 is 0 Å². The number of pyridine rings is 1. The molecule has 7 aromatic rings. The van der Waals surface area contributed by atoms with Crippen molar-refractivity contribution >= 4 is 11.6 Å². The van der Waals surface area contributed by atoms with E-state index in [0.29, 0.717) is 0 Å². The first-order valence-electron chi connectivity index (χ1n) is 17.7. The van der Waals surface area contributed by atoms with E-state index in [1.165, 1.54) is 11.1 Å². The molecule has 0 aliphatic heterocycles. The summed E-state index contributed by atoms with van der Waals surface area (Å²) in [5.41, 5.74) is 8.84. The van der Waals surface area contributed by atoms with Crippen LogP contribution < -0.4 is 23.2 Å². The molecule has 0 spiro atoms. The van der Waals surface area contributed by atoms with Gasteiger partial charge < -0.3 is 9.47 Å². The fourth-order valence-electron chi connectivity index (χ4n) is 6.30. The SMILES string of the molecule is C\C=C/C(=C\C=C\c1cc(OC)cc(-n2cc[n+](Cc3ccccc3)c2)c1)c1cc[n+](-c2cc(OC)cc(-n3cc[n+](Cc4ccccc4)c3)c2)cc1. The Morgan fingerprint density at radius 2 is 1.21 bits per heavy atom. The number of methoxy groups -OCH3 is 2. The molecule has 3 heterocycles. The van der Waals surface area contributed by atoms with Crippen molar-refractivity contribution in [3.63, 3.8) is 0 Å². The van der Waals surface area contributed by atoms with Gasteiger partial charge in [-0.25, -0.2) is 18.3 Å². The number of imidazole rings is 2. The van der Waals surface area contributed by atoms with Gasteiger partial charge in [-0.2, -0.15) is 4.57 Å². The smallest absolute Gasteiger partial charge is 0.249 e. The molecule has 7 nitrogen and oxygen atoms in total. The topological polar surface area (TPSA) is 40.0 Å². The van der Waals surface area contributed by atoms with E-state index in [-0.39, 0.29) is 0 Å². The fraction of sp³-hybridized carbons (Fsp3) is 0.109. The zero-order valence-electron chi connectivity index (χ0n) is 30.4. The van der Waals surface area contributed by atoms with Crippen LogP contribution in [0.5, 0.6) is 11.5 Å². The lowest BCUT2D eigenvalue weighted by Gasteiger charge is -2.05. The zero-order valence-corrected chi connectivity index (χ0v) is 30.4. The molecule has 0 N–H and O–H groups in total. The normalized spacial score (nSPS) is 11.8. The van der Waals surface area contributed by atoms with Crippen molar-refractivity contribution in [2.75, 3.05) is 14.2 Å². The Morgan fingerprint density at radius 3 is 1.77 bits per heavy atom. The Balaban J connectivity index is 1.09. The van der Waals surface area contributed by atoms with Gasteiger partial charge in [0.25, 0.3) is 0 Å². The third-order valence-electron chi connectivity index (χ3n) is 9.03. The number of nitrogens with zero attached hydrogens (tertiary/aromatic N) is 5. The van der Waals surface area contributed by atoms with E-state index < -0.39 is 0 Å². The van der Waals surface area contributed by atoms with Crippen molar-refractivity contribution in [1.82, 2.24) is 9.13 Å². The Kier molecular flexibility index (Phi) is 10.8. The molecule has 0 amide bonds. The lowest BCUT2D eigenvalue weighted by atomic mass is 10.1. The van der Waals surface area contributed by atoms with E-state index in [2.05, 4.69) is 200 Å². The van der Waals surface area contributed by atoms with Crippen LogP contribution in [0.15, 0.2) is 183 Å². The Bertz CT molecular complexity index is 2370. The molecule has 7 heteroatoms. The quantitative estimate of drug-likeness (QED) is 0.0908. The van der Waals surface area contributed by atoms with Crippen LogP contribution in [-0.4, -0.2) is 23.4 Å². The summed E-state index contributed by atoms with van der Waals surface area (Å²) < 4.78 is 22.1. The van der Waals surface area contributed by atoms with Crippen molar-refractivity contribution in [2.24, 2.45) is 0 Å². The number of hydrogen-bond donors (Lipinski definition) is 0. The molecule has 53 heavy (non-hydrogen) atoms. The number of allylic oxidation sites excluding steroid dienone is 5. The molecule has 0 saturated carbocycles. The first-order chi connectivity index (χ1) is 26.1. The summed E-state index contributed by atoms with van der Waals surface area (Å²) >= 11 is 0. The molecule has 3 aromatic heterocycles. The highest BCUT2D eigenvalue weighted by molar-refractivity contribution is 5.76. The summed E-state index contributed by atoms with van der Waals surface area (Å²) in [5, 5.41) is 0. The summed E-state index contributed by atoms with van der Waals surface area (Å²) in [6, 6.07) is 37.8. The van der Waals surface area contributed by atoms with Crippen molar-refractivity contribution in [3.05, 3.63) is 206 Å². The molecule has 0 unspecified atom stereocenters. The minimum atomic E-state index is 0.792. The second-order valence-electron chi connectivity index (χ2n) is 12.8. The van der Waals surface area contributed by atoms with E-state index >= 15 is 0 Å². The summed E-state index contributed by atoms with van der Waals surface area (Å²) in [4.78, 5) is 0. The van der Waals surface area contributed by atoms with Crippen LogP contribution in [0.1, 0.15) is 29.2 Å². The maximum absolute atomic E-state index is 5.72. The van der Waals surface area contributed by atoms with Crippen molar-refractivity contribution in [2.45, 2.75) is 20.0 Å². The number of benzene rings is 4. The predicted molar refractivity (Wildman–Crippen MR) is 209 cm³/mol. The number of hydrogen-bond acceptors (Lipinski definition) is 2. The van der Waals surface area contributed by atoms with Crippen molar-refractivity contribution < 1.29 is 23.2 Å². The number of aromatic nitrogens is 5. The largest absolute Gasteiger partial charge is 0.497 e. The molecule has 0 fully saturated rings. The van der Waals surface area contributed by atoms with Crippen molar-refractivity contribution in [3.8, 4) is 28.6 Å². The van der Waals surface area contributed by atoms with Gasteiger partial charge in [-0.3, -0.25) is 0 Å². The second-order valence-corrected chi connectivity index (χ2v) is 12.8. The van der Waals surface area contributed by atoms with Gasteiger partial charge in [0.05, 0.1) is 26.4 Å². The highest BCUT2D eigenvalue weighted by Gasteiger charge is 2.16. The van der Waals surface area contributed by atoms with E-state index in [1.54, 1.807) is 14.2 Å². The standard InChI is InChI=1S/C46H44N5O2/c1-4-12-40(18-11-17-39-27-42(30-45(28-39)52-2)50-25-23-47(35-50)33-37-13-7-5-8-14-37)41-19-21-49(22-20-41)43-29-44(32-46(31-43)53-3)51-26-24-48(36-51)34-38-15-9-6-10-16-38/h4-32,35-36H,33-34H2,1-3H3/q+3/b12-4-,17-11+,40-18+. The summed E-state index contributed by atoms with van der Waals surface area (Å²) in [5.74, 6) is 1.60. The molecule has 0 aliphatic carbocycles. The molecule has 0 aliphatic rings. The van der Waals surface area contributed by atoms with Crippen molar-refractivity contribution in [1.29, 1.82) is 0 Å². The van der Waals surface area contributed by atoms with Gasteiger partial charge in [0, 0.05) is 24.3 Å². The molecular weight excluding hydrogens is 655 g/mol. The lowest BCUT2D eigenvalue weighted by molar-refractivity contribution is -0.687. The monoisotopic (exact) mass is 698 g/mol. The van der Waals surface area contributed by atoms with Crippen LogP contribution in [0.3, 0.4) is 0 Å². The van der Waals surface area contributed by atoms with Gasteiger partial charge in [0.15, 0.2) is 12.4 Å². The summed E-state index contributed by atoms with van der Waals surface area (Å²) in [7, 11) is 3.41. The summed E-state index contributed by atoms with van der Waals surface area (Å²) in [6.45, 7) is 3.66. The van der Waals surface area contributed by atoms with Gasteiger partial charge in [-0.1, -0.05) is 91.0 Å². The Morgan fingerprint density at radius 1 is 0.642 bits per heavy atom. The number of rotatable bonds is 13. The lowest BCUT2D eigenvalue weighted by Crippen LogP contribution is -2.31. The third-order valence-corrected chi connectivity index (χ3v) is 9.03. The predicted octanol–water partition coefficient (Wildman–Crippen LogP) is 7.91. The van der Waals surface area contributed by atoms with E-state index in [9.17, 15) is 0 Å². The molecule has 7 rings (SSSR count). The van der Waals surface area contributed by atoms with Gasteiger partial charge in [0.2, 0.25) is 18.3 Å². The highest BCUT2D eigenvalue weighted by Crippen LogP contribution is 2.23. The third kappa shape index (κ3) is 8.78.